The first kappa shape index (κ1) is 41.0. The fourth-order valence-corrected chi connectivity index (χ4v) is 9.21. The van der Waals surface area contributed by atoms with Crippen LogP contribution in [0.25, 0.3) is 61.3 Å². The topological polar surface area (TPSA) is 43.9 Å². The van der Waals surface area contributed by atoms with Gasteiger partial charge in [0.2, 0.25) is 0 Å². The molecule has 0 bridgehead atoms. The number of para-hydroxylation sites is 4. The van der Waals surface area contributed by atoms with Crippen LogP contribution in [0.1, 0.15) is 77.0 Å². The van der Waals surface area contributed by atoms with Crippen LogP contribution in [0.5, 0.6) is 0 Å². The monoisotopic (exact) mass is 932 g/mol. The number of imidazole rings is 1. The molecule has 3 aromatic heterocycles. The van der Waals surface area contributed by atoms with Crippen LogP contribution in [0.3, 0.4) is 0 Å². The molecule has 0 aliphatic rings. The summed E-state index contributed by atoms with van der Waals surface area (Å²) in [6, 6.07) is 44.4. The Balaban J connectivity index is 0.000000209. The van der Waals surface area contributed by atoms with Crippen molar-refractivity contribution < 1.29 is 24.5 Å². The Labute approximate surface area is 347 Å². The largest absolute Gasteiger partial charge is 0.501 e. The third-order valence-corrected chi connectivity index (χ3v) is 12.3. The number of aromatic nitrogens is 3. The predicted octanol–water partition coefficient (Wildman–Crippen LogP) is 13.3. The van der Waals surface area contributed by atoms with E-state index >= 15 is 0 Å². The van der Waals surface area contributed by atoms with Gasteiger partial charge in [0.15, 0.2) is 0 Å². The van der Waals surface area contributed by atoms with Crippen molar-refractivity contribution in [3.63, 3.8) is 0 Å². The minimum atomic E-state index is -1.37. The van der Waals surface area contributed by atoms with Crippen LogP contribution in [-0.2, 0) is 26.5 Å². The van der Waals surface area contributed by atoms with Crippen molar-refractivity contribution in [2.75, 3.05) is 0 Å². The van der Waals surface area contributed by atoms with E-state index < -0.39 is 8.07 Å². The fourth-order valence-electron chi connectivity index (χ4n) is 7.64. The molecule has 0 atom stereocenters. The number of hydrogen-bond acceptors (Lipinski definition) is 3. The molecular weight excluding hydrogens is 879 g/mol. The molecule has 6 heteroatoms. The third-order valence-electron chi connectivity index (χ3n) is 10.2. The summed E-state index contributed by atoms with van der Waals surface area (Å²) in [6.07, 6.45) is 3.21. The number of nitrogens with zero attached hydrogens (tertiary/aromatic N) is 3. The Morgan fingerprint density at radius 2 is 1.43 bits per heavy atom. The molecule has 5 aromatic carbocycles. The van der Waals surface area contributed by atoms with Crippen molar-refractivity contribution in [3.8, 4) is 28.3 Å². The molecule has 0 saturated heterocycles. The normalized spacial score (nSPS) is 12.0. The quantitative estimate of drug-likeness (QED) is 0.118. The van der Waals surface area contributed by atoms with E-state index in [1.807, 2.05) is 42.5 Å². The van der Waals surface area contributed by atoms with Gasteiger partial charge in [0, 0.05) is 37.4 Å². The summed E-state index contributed by atoms with van der Waals surface area (Å²) >= 11 is 0. The average molecular weight is 932 g/mol. The summed E-state index contributed by atoms with van der Waals surface area (Å²) in [5.74, 6) is 1.60. The van der Waals surface area contributed by atoms with Crippen molar-refractivity contribution in [1.82, 2.24) is 14.5 Å². The van der Waals surface area contributed by atoms with Gasteiger partial charge in [-0.1, -0.05) is 139 Å². The molecule has 0 spiro atoms. The van der Waals surface area contributed by atoms with Gasteiger partial charge in [0.25, 0.3) is 0 Å². The Morgan fingerprint density at radius 3 is 2.09 bits per heavy atom. The van der Waals surface area contributed by atoms with Crippen molar-refractivity contribution in [1.29, 1.82) is 0 Å². The summed E-state index contributed by atoms with van der Waals surface area (Å²) in [5.41, 5.74) is 12.4. The van der Waals surface area contributed by atoms with Gasteiger partial charge in [0.05, 0.1) is 30.5 Å². The molecule has 8 rings (SSSR count). The summed E-state index contributed by atoms with van der Waals surface area (Å²) in [5, 5.41) is 3.68. The van der Waals surface area contributed by atoms with Gasteiger partial charge in [-0.3, -0.25) is 4.98 Å². The van der Waals surface area contributed by atoms with E-state index in [1.54, 1.807) is 0 Å². The van der Waals surface area contributed by atoms with Crippen LogP contribution >= 0.6 is 0 Å². The second kappa shape index (κ2) is 16.5. The van der Waals surface area contributed by atoms with Crippen molar-refractivity contribution >= 4 is 46.2 Å². The molecule has 0 unspecified atom stereocenters. The van der Waals surface area contributed by atoms with Gasteiger partial charge in [-0.05, 0) is 63.9 Å². The van der Waals surface area contributed by atoms with Gasteiger partial charge >= 0.3 is 0 Å². The number of hydrogen-bond donors (Lipinski definition) is 0. The SMILES string of the molecule is CC(C)(C)Cc1cc(-c2[c-]cccc2)ncc1[Si](C)(C)C.CC(C)c1cccc(C(C)C)c1-n1c(-c2[c-]ccc3c2oc2ccccc23)nc2ccccc21.[Ir]. The van der Waals surface area contributed by atoms with Crippen LogP contribution in [0.15, 0.2) is 120 Å². The fraction of sp³-hybridized carbons (Fsp3) is 0.280. The molecule has 0 saturated carbocycles. The third kappa shape index (κ3) is 8.39. The van der Waals surface area contributed by atoms with Gasteiger partial charge in [-0.15, -0.1) is 54.1 Å². The van der Waals surface area contributed by atoms with E-state index in [0.717, 1.165) is 62.0 Å². The zero-order valence-electron chi connectivity index (χ0n) is 34.4. The first-order valence-electron chi connectivity index (χ1n) is 19.6. The Hall–Kier alpha value is -4.61. The zero-order chi connectivity index (χ0) is 39.1. The zero-order valence-corrected chi connectivity index (χ0v) is 37.8. The van der Waals surface area contributed by atoms with Crippen LogP contribution in [0.2, 0.25) is 19.6 Å². The molecule has 8 aromatic rings. The van der Waals surface area contributed by atoms with E-state index in [4.69, 9.17) is 14.4 Å². The number of rotatable bonds is 7. The van der Waals surface area contributed by atoms with Crippen molar-refractivity contribution in [2.45, 2.75) is 86.4 Å². The van der Waals surface area contributed by atoms with Gasteiger partial charge in [-0.2, -0.15) is 0 Å². The summed E-state index contributed by atoms with van der Waals surface area (Å²) in [7, 11) is -1.37. The maximum atomic E-state index is 6.40. The molecular formula is C50H53IrN3OSi-2. The maximum Gasteiger partial charge on any atom is 0.120 e. The molecule has 0 N–H and O–H groups in total. The molecule has 56 heavy (non-hydrogen) atoms. The van der Waals surface area contributed by atoms with Crippen molar-refractivity contribution in [3.05, 3.63) is 144 Å². The van der Waals surface area contributed by atoms with Crippen LogP contribution in [0, 0.1) is 17.5 Å². The number of fused-ring (bicyclic) bond motifs is 4. The van der Waals surface area contributed by atoms with Crippen LogP contribution < -0.4 is 5.19 Å². The summed E-state index contributed by atoms with van der Waals surface area (Å²) in [6.45, 7) is 23.1. The number of furan rings is 1. The van der Waals surface area contributed by atoms with Gasteiger partial charge in [0.1, 0.15) is 5.58 Å². The minimum Gasteiger partial charge on any atom is -0.501 e. The van der Waals surface area contributed by atoms with E-state index in [1.165, 1.54) is 27.6 Å². The molecule has 3 heterocycles. The molecule has 0 amide bonds. The van der Waals surface area contributed by atoms with Gasteiger partial charge < -0.3 is 14.0 Å². The van der Waals surface area contributed by atoms with E-state index in [-0.39, 0.29) is 25.5 Å². The molecule has 4 nitrogen and oxygen atoms in total. The first-order chi connectivity index (χ1) is 26.2. The second-order valence-electron chi connectivity index (χ2n) is 17.5. The summed E-state index contributed by atoms with van der Waals surface area (Å²) < 4.78 is 8.73. The molecule has 1 radical (unpaired) electrons. The van der Waals surface area contributed by atoms with E-state index in [9.17, 15) is 0 Å². The molecule has 289 valence electrons. The van der Waals surface area contributed by atoms with Gasteiger partial charge in [-0.25, -0.2) is 0 Å². The summed E-state index contributed by atoms with van der Waals surface area (Å²) in [4.78, 5) is 9.86. The second-order valence-corrected chi connectivity index (χ2v) is 22.6. The maximum absolute atomic E-state index is 6.40. The molecule has 0 fully saturated rings. The Bertz CT molecular complexity index is 2580. The van der Waals surface area contributed by atoms with E-state index in [0.29, 0.717) is 11.8 Å². The predicted molar refractivity (Wildman–Crippen MR) is 235 cm³/mol. The Morgan fingerprint density at radius 1 is 0.750 bits per heavy atom. The molecule has 0 aliphatic carbocycles. The Kier molecular flexibility index (Phi) is 12.1. The standard InChI is InChI=1S/C31H27N2O.C19H26NSi.Ir/c1-19(2)21-12-9-13-22(20(3)4)29(21)33-27-17-7-6-16-26(27)32-31(33)25-15-10-14-24-23-11-5-8-18-28(23)34-30(24)25;1-19(2,3)13-16-12-17(15-10-8-7-9-11-15)20-14-18(16)21(4,5)6;/h5-14,16-20H,1-4H3;7-10,12,14H,13H2,1-6H3;/q2*-1;. The van der Waals surface area contributed by atoms with E-state index in [2.05, 4.69) is 158 Å². The minimum absolute atomic E-state index is 0. The van der Waals surface area contributed by atoms with Crippen LogP contribution in [0.4, 0.5) is 0 Å². The first-order valence-corrected chi connectivity index (χ1v) is 23.1. The van der Waals surface area contributed by atoms with Crippen LogP contribution in [-0.4, -0.2) is 22.6 Å². The average Bonchev–Trinajstić information content (AvgIpc) is 3.73. The number of benzene rings is 5. The number of pyridine rings is 1. The van der Waals surface area contributed by atoms with Crippen molar-refractivity contribution in [2.24, 2.45) is 5.41 Å². The molecule has 0 aliphatic heterocycles. The smallest absolute Gasteiger partial charge is 0.120 e.